The van der Waals surface area contributed by atoms with E-state index < -0.39 is 0 Å². The third-order valence-corrected chi connectivity index (χ3v) is 5.40. The van der Waals surface area contributed by atoms with Crippen LogP contribution in [0.5, 0.6) is 0 Å². The fraction of sp³-hybridized carbons (Fsp3) is 1.00. The van der Waals surface area contributed by atoms with E-state index in [4.69, 9.17) is 0 Å². The number of hydrogen-bond acceptors (Lipinski definition) is 0. The Bertz CT molecular complexity index is 192. The zero-order chi connectivity index (χ0) is 11.0. The van der Waals surface area contributed by atoms with Gasteiger partial charge in [-0.1, -0.05) is 48.0 Å². The zero-order valence-electron chi connectivity index (χ0n) is 11.0. The van der Waals surface area contributed by atoms with Gasteiger partial charge in [0.2, 0.25) is 0 Å². The first-order chi connectivity index (χ1) is 6.34. The van der Waals surface area contributed by atoms with E-state index in [-0.39, 0.29) is 0 Å². The van der Waals surface area contributed by atoms with Gasteiger partial charge in [-0.05, 0) is 41.9 Å². The summed E-state index contributed by atoms with van der Waals surface area (Å²) in [5.41, 5.74) is 1.13. The Morgan fingerprint density at radius 1 is 1.14 bits per heavy atom. The summed E-state index contributed by atoms with van der Waals surface area (Å²) in [5.74, 6) is 1.75. The van der Waals surface area contributed by atoms with E-state index in [2.05, 4.69) is 41.5 Å². The molecule has 3 unspecified atom stereocenters. The fourth-order valence-corrected chi connectivity index (χ4v) is 3.37. The second-order valence-corrected chi connectivity index (χ2v) is 6.39. The summed E-state index contributed by atoms with van der Waals surface area (Å²) in [6, 6.07) is 0. The van der Waals surface area contributed by atoms with Crippen LogP contribution in [-0.4, -0.2) is 0 Å². The van der Waals surface area contributed by atoms with Gasteiger partial charge in [-0.25, -0.2) is 0 Å². The first kappa shape index (κ1) is 12.1. The smallest absolute Gasteiger partial charge is 0.0295 e. The van der Waals surface area contributed by atoms with Crippen LogP contribution in [0, 0.1) is 22.7 Å². The minimum Gasteiger partial charge on any atom is -0.0654 e. The van der Waals surface area contributed by atoms with Crippen molar-refractivity contribution >= 4 is 0 Å². The van der Waals surface area contributed by atoms with Crippen LogP contribution >= 0.6 is 0 Å². The van der Waals surface area contributed by atoms with Gasteiger partial charge in [-0.15, -0.1) is 0 Å². The topological polar surface area (TPSA) is 0 Å². The highest BCUT2D eigenvalue weighted by Gasteiger charge is 2.46. The van der Waals surface area contributed by atoms with Crippen LogP contribution in [0.3, 0.4) is 0 Å². The van der Waals surface area contributed by atoms with E-state index >= 15 is 0 Å². The summed E-state index contributed by atoms with van der Waals surface area (Å²) in [4.78, 5) is 0. The lowest BCUT2D eigenvalue weighted by Crippen LogP contribution is -2.44. The predicted octanol–water partition coefficient (Wildman–Crippen LogP) is 4.89. The highest BCUT2D eigenvalue weighted by atomic mass is 14.5. The van der Waals surface area contributed by atoms with Gasteiger partial charge in [0, 0.05) is 0 Å². The van der Waals surface area contributed by atoms with E-state index in [0.717, 1.165) is 11.8 Å². The van der Waals surface area contributed by atoms with Crippen molar-refractivity contribution in [2.75, 3.05) is 0 Å². The van der Waals surface area contributed by atoms with Crippen molar-refractivity contribution in [2.45, 2.75) is 67.2 Å². The van der Waals surface area contributed by atoms with Crippen LogP contribution in [-0.2, 0) is 0 Å². The van der Waals surface area contributed by atoms with Gasteiger partial charge in [0.15, 0.2) is 0 Å². The van der Waals surface area contributed by atoms with Gasteiger partial charge < -0.3 is 0 Å². The van der Waals surface area contributed by atoms with Crippen molar-refractivity contribution in [2.24, 2.45) is 22.7 Å². The summed E-state index contributed by atoms with van der Waals surface area (Å²) >= 11 is 0. The molecule has 0 aromatic rings. The molecule has 0 nitrogen and oxygen atoms in total. The zero-order valence-corrected chi connectivity index (χ0v) is 11.0. The highest BCUT2D eigenvalue weighted by Crippen LogP contribution is 2.55. The van der Waals surface area contributed by atoms with Crippen molar-refractivity contribution < 1.29 is 0 Å². The van der Waals surface area contributed by atoms with Gasteiger partial charge >= 0.3 is 0 Å². The van der Waals surface area contributed by atoms with E-state index in [9.17, 15) is 0 Å². The Morgan fingerprint density at radius 3 is 2.21 bits per heavy atom. The van der Waals surface area contributed by atoms with Crippen molar-refractivity contribution in [3.8, 4) is 0 Å². The summed E-state index contributed by atoms with van der Waals surface area (Å²) in [7, 11) is 0. The Hall–Kier alpha value is 0. The van der Waals surface area contributed by atoms with Crippen LogP contribution in [0.15, 0.2) is 0 Å². The molecule has 0 aliphatic heterocycles. The van der Waals surface area contributed by atoms with Crippen LogP contribution in [0.4, 0.5) is 0 Å². The average molecular weight is 196 g/mol. The Labute approximate surface area is 90.5 Å². The third-order valence-electron chi connectivity index (χ3n) is 5.40. The molecule has 1 rings (SSSR count). The normalized spacial score (nSPS) is 42.4. The molecule has 0 radical (unpaired) electrons. The molecule has 0 heterocycles. The van der Waals surface area contributed by atoms with Crippen LogP contribution < -0.4 is 0 Å². The molecule has 14 heavy (non-hydrogen) atoms. The molecule has 0 spiro atoms. The van der Waals surface area contributed by atoms with Crippen molar-refractivity contribution in [3.63, 3.8) is 0 Å². The van der Waals surface area contributed by atoms with E-state index in [0.29, 0.717) is 10.8 Å². The molecule has 1 aliphatic carbocycles. The lowest BCUT2D eigenvalue weighted by molar-refractivity contribution is -0.0327. The maximum Gasteiger partial charge on any atom is -0.0295 e. The van der Waals surface area contributed by atoms with Crippen LogP contribution in [0.1, 0.15) is 67.2 Å². The molecule has 0 heteroatoms. The quantitative estimate of drug-likeness (QED) is 0.590. The van der Waals surface area contributed by atoms with E-state index in [1.54, 1.807) is 0 Å². The van der Waals surface area contributed by atoms with Crippen LogP contribution in [0.25, 0.3) is 0 Å². The molecule has 1 saturated carbocycles. The van der Waals surface area contributed by atoms with E-state index in [1.165, 1.54) is 25.7 Å². The van der Waals surface area contributed by atoms with Gasteiger partial charge in [0.1, 0.15) is 0 Å². The molecule has 0 aromatic heterocycles. The maximum absolute atomic E-state index is 2.51. The Morgan fingerprint density at radius 2 is 1.71 bits per heavy atom. The lowest BCUT2D eigenvalue weighted by atomic mass is 9.52. The average Bonchev–Trinajstić information content (AvgIpc) is 2.11. The molecule has 0 amide bonds. The number of hydrogen-bond donors (Lipinski definition) is 0. The van der Waals surface area contributed by atoms with Gasteiger partial charge in [0.25, 0.3) is 0 Å². The second kappa shape index (κ2) is 3.87. The highest BCUT2D eigenvalue weighted by molar-refractivity contribution is 4.95. The first-order valence-corrected chi connectivity index (χ1v) is 6.34. The molecule has 1 aliphatic rings. The molecular weight excluding hydrogens is 168 g/mol. The minimum atomic E-state index is 0.530. The van der Waals surface area contributed by atoms with Gasteiger partial charge in [0.05, 0.1) is 0 Å². The van der Waals surface area contributed by atoms with Crippen molar-refractivity contribution in [1.82, 2.24) is 0 Å². The van der Waals surface area contributed by atoms with Crippen molar-refractivity contribution in [1.29, 1.82) is 0 Å². The summed E-state index contributed by atoms with van der Waals surface area (Å²) in [5, 5.41) is 0. The lowest BCUT2D eigenvalue weighted by Gasteiger charge is -2.53. The fourth-order valence-electron chi connectivity index (χ4n) is 3.37. The monoisotopic (exact) mass is 196 g/mol. The first-order valence-electron chi connectivity index (χ1n) is 6.34. The maximum atomic E-state index is 2.51. The largest absolute Gasteiger partial charge is 0.0654 e. The number of rotatable bonds is 2. The third kappa shape index (κ3) is 1.85. The molecule has 0 bridgehead atoms. The van der Waals surface area contributed by atoms with Gasteiger partial charge in [-0.3, -0.25) is 0 Å². The molecule has 1 fully saturated rings. The predicted molar refractivity (Wildman–Crippen MR) is 64.4 cm³/mol. The molecule has 0 saturated heterocycles. The van der Waals surface area contributed by atoms with Crippen molar-refractivity contribution in [3.05, 3.63) is 0 Å². The standard InChI is InChI=1S/C14H28/c1-7-9-14(6)10-8-11(2)13(4,5)12(14)3/h11-12H,7-10H2,1-6H3. The molecule has 3 atom stereocenters. The summed E-state index contributed by atoms with van der Waals surface area (Å²) < 4.78 is 0. The van der Waals surface area contributed by atoms with Crippen LogP contribution in [0.2, 0.25) is 0 Å². The molecule has 0 aromatic carbocycles. The molecule has 84 valence electrons. The second-order valence-electron chi connectivity index (χ2n) is 6.39. The summed E-state index contributed by atoms with van der Waals surface area (Å²) in [6.07, 6.45) is 5.61. The minimum absolute atomic E-state index is 0.530. The molecular formula is C14H28. The molecule has 0 N–H and O–H groups in total. The van der Waals surface area contributed by atoms with E-state index in [1.807, 2.05) is 0 Å². The summed E-state index contributed by atoms with van der Waals surface area (Å²) in [6.45, 7) is 14.7. The Balaban J connectivity index is 2.84. The SMILES string of the molecule is CCCC1(C)CCC(C)C(C)(C)C1C. The Kier molecular flexibility index (Phi) is 3.33. The van der Waals surface area contributed by atoms with Gasteiger partial charge in [-0.2, -0.15) is 0 Å².